The summed E-state index contributed by atoms with van der Waals surface area (Å²) >= 11 is 0. The molecule has 20 heavy (non-hydrogen) atoms. The lowest BCUT2D eigenvalue weighted by Crippen LogP contribution is -2.28. The van der Waals surface area contributed by atoms with Gasteiger partial charge in [0.15, 0.2) is 0 Å². The van der Waals surface area contributed by atoms with E-state index >= 15 is 0 Å². The molecule has 1 aromatic heterocycles. The van der Waals surface area contributed by atoms with E-state index in [1.807, 2.05) is 0 Å². The Labute approximate surface area is 120 Å². The average molecular weight is 275 g/mol. The third kappa shape index (κ3) is 3.82. The van der Waals surface area contributed by atoms with Crippen LogP contribution in [-0.2, 0) is 13.1 Å². The number of para-hydroxylation sites is 1. The summed E-state index contributed by atoms with van der Waals surface area (Å²) in [5.74, 6) is 0. The van der Waals surface area contributed by atoms with Gasteiger partial charge < -0.3 is 20.3 Å². The minimum Gasteiger partial charge on any atom is -0.395 e. The molecule has 0 saturated carbocycles. The van der Waals surface area contributed by atoms with Crippen LogP contribution in [0.15, 0.2) is 30.5 Å². The molecule has 4 nitrogen and oxygen atoms in total. The molecule has 110 valence electrons. The van der Waals surface area contributed by atoms with Gasteiger partial charge >= 0.3 is 0 Å². The van der Waals surface area contributed by atoms with Crippen LogP contribution in [0.1, 0.15) is 18.9 Å². The van der Waals surface area contributed by atoms with E-state index in [1.54, 1.807) is 0 Å². The van der Waals surface area contributed by atoms with E-state index in [0.717, 1.165) is 32.6 Å². The van der Waals surface area contributed by atoms with E-state index in [4.69, 9.17) is 5.11 Å². The van der Waals surface area contributed by atoms with Gasteiger partial charge in [-0.2, -0.15) is 0 Å². The first-order valence-electron chi connectivity index (χ1n) is 7.46. The monoisotopic (exact) mass is 275 g/mol. The normalized spacial score (nSPS) is 11.3. The lowest BCUT2D eigenvalue weighted by atomic mass is 10.2. The fraction of sp³-hybridized carbons (Fsp3) is 0.500. The van der Waals surface area contributed by atoms with Crippen molar-refractivity contribution < 1.29 is 5.11 Å². The van der Waals surface area contributed by atoms with E-state index in [9.17, 15) is 0 Å². The molecule has 0 radical (unpaired) electrons. The quantitative estimate of drug-likeness (QED) is 0.611. The van der Waals surface area contributed by atoms with Crippen LogP contribution >= 0.6 is 0 Å². The lowest BCUT2D eigenvalue weighted by Gasteiger charge is -2.04. The number of rotatable bonds is 9. The highest BCUT2D eigenvalue weighted by atomic mass is 16.3. The molecule has 0 fully saturated rings. The SMILES string of the molecule is CCCn1cc(CNCCNCCO)c2ccccc21. The summed E-state index contributed by atoms with van der Waals surface area (Å²) in [5, 5.41) is 16.6. The molecule has 0 saturated heterocycles. The number of aliphatic hydroxyl groups excluding tert-OH is 1. The van der Waals surface area contributed by atoms with Crippen LogP contribution in [0, 0.1) is 0 Å². The predicted octanol–water partition coefficient (Wildman–Crippen LogP) is 1.72. The molecule has 0 spiro atoms. The highest BCUT2D eigenvalue weighted by Crippen LogP contribution is 2.21. The molecule has 1 heterocycles. The summed E-state index contributed by atoms with van der Waals surface area (Å²) in [5.41, 5.74) is 2.68. The molecule has 3 N–H and O–H groups in total. The van der Waals surface area contributed by atoms with Gasteiger partial charge in [0, 0.05) is 49.8 Å². The van der Waals surface area contributed by atoms with Crippen molar-refractivity contribution >= 4 is 10.9 Å². The van der Waals surface area contributed by atoms with Crippen molar-refractivity contribution in [2.24, 2.45) is 0 Å². The second-order valence-electron chi connectivity index (χ2n) is 5.02. The molecule has 2 rings (SSSR count). The van der Waals surface area contributed by atoms with E-state index in [-0.39, 0.29) is 6.61 Å². The molecule has 1 aromatic carbocycles. The Bertz CT molecular complexity index is 521. The van der Waals surface area contributed by atoms with Crippen LogP contribution in [0.3, 0.4) is 0 Å². The van der Waals surface area contributed by atoms with Crippen molar-refractivity contribution in [3.8, 4) is 0 Å². The van der Waals surface area contributed by atoms with Crippen LogP contribution in [0.25, 0.3) is 10.9 Å². The maximum atomic E-state index is 8.69. The number of hydrogen-bond acceptors (Lipinski definition) is 3. The number of benzene rings is 1. The van der Waals surface area contributed by atoms with Crippen molar-refractivity contribution in [2.75, 3.05) is 26.2 Å². The van der Waals surface area contributed by atoms with Gasteiger partial charge in [0.2, 0.25) is 0 Å². The maximum Gasteiger partial charge on any atom is 0.0555 e. The molecule has 0 bridgehead atoms. The van der Waals surface area contributed by atoms with Gasteiger partial charge in [-0.25, -0.2) is 0 Å². The Morgan fingerprint density at radius 1 is 1.10 bits per heavy atom. The maximum absolute atomic E-state index is 8.69. The van der Waals surface area contributed by atoms with Gasteiger partial charge in [0.05, 0.1) is 6.61 Å². The second kappa shape index (κ2) is 8.04. The minimum absolute atomic E-state index is 0.199. The zero-order valence-corrected chi connectivity index (χ0v) is 12.2. The number of aryl methyl sites for hydroxylation is 1. The van der Waals surface area contributed by atoms with Crippen LogP contribution in [0.2, 0.25) is 0 Å². The molecule has 0 atom stereocenters. The summed E-state index contributed by atoms with van der Waals surface area (Å²) < 4.78 is 2.34. The third-order valence-electron chi connectivity index (χ3n) is 3.42. The minimum atomic E-state index is 0.199. The van der Waals surface area contributed by atoms with E-state index in [0.29, 0.717) is 6.54 Å². The van der Waals surface area contributed by atoms with Gasteiger partial charge in [-0.15, -0.1) is 0 Å². The Balaban J connectivity index is 1.95. The van der Waals surface area contributed by atoms with Gasteiger partial charge in [-0.3, -0.25) is 0 Å². The van der Waals surface area contributed by atoms with Crippen molar-refractivity contribution in [3.05, 3.63) is 36.0 Å². The number of aliphatic hydroxyl groups is 1. The van der Waals surface area contributed by atoms with Crippen molar-refractivity contribution in [1.82, 2.24) is 15.2 Å². The van der Waals surface area contributed by atoms with Crippen LogP contribution in [-0.4, -0.2) is 35.9 Å². The summed E-state index contributed by atoms with van der Waals surface area (Å²) in [7, 11) is 0. The molecule has 0 aliphatic rings. The Hall–Kier alpha value is -1.36. The summed E-state index contributed by atoms with van der Waals surface area (Å²) in [6.45, 7) is 6.82. The van der Waals surface area contributed by atoms with E-state index < -0.39 is 0 Å². The van der Waals surface area contributed by atoms with E-state index in [1.165, 1.54) is 16.5 Å². The first kappa shape index (κ1) is 15.0. The molecular formula is C16H25N3O. The largest absolute Gasteiger partial charge is 0.395 e. The smallest absolute Gasteiger partial charge is 0.0555 e. The van der Waals surface area contributed by atoms with Crippen LogP contribution in [0.5, 0.6) is 0 Å². The number of aromatic nitrogens is 1. The number of nitrogens with zero attached hydrogens (tertiary/aromatic N) is 1. The first-order chi connectivity index (χ1) is 9.86. The second-order valence-corrected chi connectivity index (χ2v) is 5.02. The molecule has 2 aromatic rings. The fourth-order valence-corrected chi connectivity index (χ4v) is 2.49. The molecule has 0 unspecified atom stereocenters. The topological polar surface area (TPSA) is 49.2 Å². The summed E-state index contributed by atoms with van der Waals surface area (Å²) in [6.07, 6.45) is 3.42. The zero-order chi connectivity index (χ0) is 14.2. The van der Waals surface area contributed by atoms with Crippen LogP contribution in [0.4, 0.5) is 0 Å². The van der Waals surface area contributed by atoms with Crippen molar-refractivity contribution in [2.45, 2.75) is 26.4 Å². The molecular weight excluding hydrogens is 250 g/mol. The summed E-state index contributed by atoms with van der Waals surface area (Å²) in [4.78, 5) is 0. The lowest BCUT2D eigenvalue weighted by molar-refractivity contribution is 0.292. The molecule has 0 amide bonds. The third-order valence-corrected chi connectivity index (χ3v) is 3.42. The Kier molecular flexibility index (Phi) is 6.05. The fourth-order valence-electron chi connectivity index (χ4n) is 2.49. The van der Waals surface area contributed by atoms with Gasteiger partial charge in [-0.1, -0.05) is 25.1 Å². The summed E-state index contributed by atoms with van der Waals surface area (Å²) in [6, 6.07) is 8.59. The number of hydrogen-bond donors (Lipinski definition) is 3. The van der Waals surface area contributed by atoms with Gasteiger partial charge in [0.1, 0.15) is 0 Å². The number of fused-ring (bicyclic) bond motifs is 1. The van der Waals surface area contributed by atoms with Crippen molar-refractivity contribution in [1.29, 1.82) is 0 Å². The Morgan fingerprint density at radius 2 is 1.90 bits per heavy atom. The molecule has 0 aliphatic carbocycles. The first-order valence-corrected chi connectivity index (χ1v) is 7.46. The predicted molar refractivity (Wildman–Crippen MR) is 83.9 cm³/mol. The average Bonchev–Trinajstić information content (AvgIpc) is 2.82. The highest BCUT2D eigenvalue weighted by Gasteiger charge is 2.06. The molecule has 4 heteroatoms. The highest BCUT2D eigenvalue weighted by molar-refractivity contribution is 5.83. The molecule has 0 aliphatic heterocycles. The number of nitrogens with one attached hydrogen (secondary N) is 2. The standard InChI is InChI=1S/C16H25N3O/c1-2-10-19-13-14(12-18-8-7-17-9-11-20)15-5-3-4-6-16(15)19/h3-6,13,17-18,20H,2,7-12H2,1H3. The van der Waals surface area contributed by atoms with Crippen molar-refractivity contribution in [3.63, 3.8) is 0 Å². The van der Waals surface area contributed by atoms with Crippen LogP contribution < -0.4 is 10.6 Å². The van der Waals surface area contributed by atoms with E-state index in [2.05, 4.69) is 52.6 Å². The van der Waals surface area contributed by atoms with Gasteiger partial charge in [-0.05, 0) is 18.1 Å². The Morgan fingerprint density at radius 3 is 2.70 bits per heavy atom. The zero-order valence-electron chi connectivity index (χ0n) is 12.2. The van der Waals surface area contributed by atoms with Gasteiger partial charge in [0.25, 0.3) is 0 Å².